The molecule has 0 aliphatic heterocycles. The molecule has 1 aliphatic carbocycles. The topological polar surface area (TPSA) is 3.24 Å². The molecular weight excluding hydrogens is 603 g/mol. The highest BCUT2D eigenvalue weighted by Gasteiger charge is 2.37. The van der Waals surface area contributed by atoms with Crippen LogP contribution in [-0.2, 0) is 5.41 Å². The average molecular weight is 640 g/mol. The van der Waals surface area contributed by atoms with Gasteiger partial charge < -0.3 is 4.90 Å². The lowest BCUT2D eigenvalue weighted by molar-refractivity contribution is 0.662. The predicted octanol–water partition coefficient (Wildman–Crippen LogP) is 13.6. The molecule has 50 heavy (non-hydrogen) atoms. The van der Waals surface area contributed by atoms with Crippen LogP contribution in [0.25, 0.3) is 55.3 Å². The Bertz CT molecular complexity index is 2490. The molecule has 0 atom stereocenters. The van der Waals surface area contributed by atoms with E-state index in [4.69, 9.17) is 0 Å². The second kappa shape index (κ2) is 12.1. The second-order valence-corrected chi connectivity index (χ2v) is 13.8. The van der Waals surface area contributed by atoms with Gasteiger partial charge in [-0.3, -0.25) is 0 Å². The van der Waals surface area contributed by atoms with Crippen LogP contribution in [0.15, 0.2) is 188 Å². The largest absolute Gasteiger partial charge is 0.310 e. The summed E-state index contributed by atoms with van der Waals surface area (Å²) in [5, 5.41) is 2.49. The molecule has 8 aromatic rings. The van der Waals surface area contributed by atoms with E-state index in [-0.39, 0.29) is 5.41 Å². The number of rotatable bonds is 6. The maximum atomic E-state index is 2.41. The second-order valence-electron chi connectivity index (χ2n) is 13.8. The van der Waals surface area contributed by atoms with Crippen molar-refractivity contribution < 1.29 is 0 Å². The van der Waals surface area contributed by atoms with Gasteiger partial charge >= 0.3 is 0 Å². The molecule has 0 spiro atoms. The quantitative estimate of drug-likeness (QED) is 0.175. The SMILES string of the molecule is CC1(C)c2ccccc2-c2cccc(-c3ccc(N(c4ccccc4)c4cc(-c5ccc6ccccc6c5)ccc4-c4ccccc4)cc3)c21. The zero-order valence-corrected chi connectivity index (χ0v) is 28.3. The summed E-state index contributed by atoms with van der Waals surface area (Å²) in [6.45, 7) is 4.72. The molecule has 0 fully saturated rings. The summed E-state index contributed by atoms with van der Waals surface area (Å²) in [6, 6.07) is 68.6. The van der Waals surface area contributed by atoms with E-state index in [2.05, 4.69) is 207 Å². The Labute approximate surface area is 294 Å². The van der Waals surface area contributed by atoms with Crippen molar-refractivity contribution in [3.05, 3.63) is 199 Å². The first kappa shape index (κ1) is 29.9. The van der Waals surface area contributed by atoms with Crippen LogP contribution in [0.4, 0.5) is 17.1 Å². The molecule has 1 aliphatic rings. The van der Waals surface area contributed by atoms with Crippen molar-refractivity contribution in [1.82, 2.24) is 0 Å². The van der Waals surface area contributed by atoms with Crippen LogP contribution >= 0.6 is 0 Å². The number of fused-ring (bicyclic) bond motifs is 4. The third kappa shape index (κ3) is 5.02. The molecule has 0 aromatic heterocycles. The molecule has 0 unspecified atom stereocenters. The van der Waals surface area contributed by atoms with Gasteiger partial charge in [0.1, 0.15) is 0 Å². The lowest BCUT2D eigenvalue weighted by atomic mass is 9.79. The van der Waals surface area contributed by atoms with Gasteiger partial charge in [0.05, 0.1) is 5.69 Å². The van der Waals surface area contributed by atoms with Crippen molar-refractivity contribution in [2.24, 2.45) is 0 Å². The van der Waals surface area contributed by atoms with Gasteiger partial charge in [-0.1, -0.05) is 166 Å². The van der Waals surface area contributed by atoms with Gasteiger partial charge in [-0.2, -0.15) is 0 Å². The van der Waals surface area contributed by atoms with Crippen LogP contribution < -0.4 is 4.90 Å². The van der Waals surface area contributed by atoms with E-state index in [0.29, 0.717) is 0 Å². The van der Waals surface area contributed by atoms with Gasteiger partial charge in [-0.15, -0.1) is 0 Å². The van der Waals surface area contributed by atoms with Crippen LogP contribution in [0.3, 0.4) is 0 Å². The maximum absolute atomic E-state index is 2.41. The maximum Gasteiger partial charge on any atom is 0.0546 e. The first-order chi connectivity index (χ1) is 24.6. The molecule has 0 amide bonds. The number of anilines is 3. The Morgan fingerprint density at radius 3 is 1.72 bits per heavy atom. The third-order valence-electron chi connectivity index (χ3n) is 10.4. The van der Waals surface area contributed by atoms with Gasteiger partial charge in [0.2, 0.25) is 0 Å². The Balaban J connectivity index is 1.20. The summed E-state index contributed by atoms with van der Waals surface area (Å²) in [7, 11) is 0. The standard InChI is InChI=1S/C49H37N/c1-49(2)46-23-12-11-20-44(46)45-22-13-21-43(48(45)49)36-26-29-41(30-27-36)50(40-18-7-4-8-19-40)47-33-39(28-31-42(47)35-15-5-3-6-16-35)38-25-24-34-14-9-10-17-37(34)32-38/h3-33H,1-2H3. The van der Waals surface area contributed by atoms with Crippen molar-refractivity contribution in [1.29, 1.82) is 0 Å². The summed E-state index contributed by atoms with van der Waals surface area (Å²) in [6.07, 6.45) is 0. The van der Waals surface area contributed by atoms with Crippen LogP contribution in [0.1, 0.15) is 25.0 Å². The molecule has 8 aromatic carbocycles. The van der Waals surface area contributed by atoms with Crippen LogP contribution in [0.2, 0.25) is 0 Å². The summed E-state index contributed by atoms with van der Waals surface area (Å²) in [5.74, 6) is 0. The average Bonchev–Trinajstić information content (AvgIpc) is 3.42. The highest BCUT2D eigenvalue weighted by molar-refractivity contribution is 5.94. The molecule has 1 nitrogen and oxygen atoms in total. The molecular formula is C49H37N. The fraction of sp³-hybridized carbons (Fsp3) is 0.0612. The van der Waals surface area contributed by atoms with Crippen LogP contribution in [0.5, 0.6) is 0 Å². The molecule has 0 N–H and O–H groups in total. The lowest BCUT2D eigenvalue weighted by Gasteiger charge is -2.29. The van der Waals surface area contributed by atoms with Crippen molar-refractivity contribution in [3.63, 3.8) is 0 Å². The van der Waals surface area contributed by atoms with E-state index < -0.39 is 0 Å². The summed E-state index contributed by atoms with van der Waals surface area (Å²) in [4.78, 5) is 2.41. The van der Waals surface area contributed by atoms with Gasteiger partial charge in [0.25, 0.3) is 0 Å². The molecule has 0 bridgehead atoms. The van der Waals surface area contributed by atoms with Crippen LogP contribution in [0, 0.1) is 0 Å². The Hall–Kier alpha value is -6.18. The van der Waals surface area contributed by atoms with E-state index in [1.54, 1.807) is 0 Å². The minimum Gasteiger partial charge on any atom is -0.310 e. The molecule has 0 saturated carbocycles. The number of hydrogen-bond donors (Lipinski definition) is 0. The Kier molecular flexibility index (Phi) is 7.21. The highest BCUT2D eigenvalue weighted by Crippen LogP contribution is 2.52. The normalized spacial score (nSPS) is 12.8. The van der Waals surface area contributed by atoms with Crippen molar-refractivity contribution in [3.8, 4) is 44.5 Å². The number of hydrogen-bond acceptors (Lipinski definition) is 1. The van der Waals surface area contributed by atoms with Crippen molar-refractivity contribution in [2.45, 2.75) is 19.3 Å². The van der Waals surface area contributed by atoms with E-state index in [1.807, 2.05) is 0 Å². The molecule has 1 heteroatoms. The monoisotopic (exact) mass is 639 g/mol. The minimum absolute atomic E-state index is 0.0783. The summed E-state index contributed by atoms with van der Waals surface area (Å²) in [5.41, 5.74) is 16.1. The number of nitrogens with zero attached hydrogens (tertiary/aromatic N) is 1. The smallest absolute Gasteiger partial charge is 0.0546 e. The number of benzene rings is 8. The van der Waals surface area contributed by atoms with E-state index in [0.717, 1.165) is 17.1 Å². The first-order valence-corrected chi connectivity index (χ1v) is 17.4. The van der Waals surface area contributed by atoms with E-state index in [9.17, 15) is 0 Å². The molecule has 0 heterocycles. The Morgan fingerprint density at radius 2 is 0.920 bits per heavy atom. The zero-order valence-electron chi connectivity index (χ0n) is 28.3. The van der Waals surface area contributed by atoms with Gasteiger partial charge in [-0.05, 0) is 97.2 Å². The predicted molar refractivity (Wildman–Crippen MR) is 213 cm³/mol. The van der Waals surface area contributed by atoms with E-state index in [1.165, 1.54) is 66.4 Å². The summed E-state index contributed by atoms with van der Waals surface area (Å²) >= 11 is 0. The fourth-order valence-electron chi connectivity index (χ4n) is 8.01. The van der Waals surface area contributed by atoms with E-state index >= 15 is 0 Å². The minimum atomic E-state index is -0.0783. The highest BCUT2D eigenvalue weighted by atomic mass is 15.1. The lowest BCUT2D eigenvalue weighted by Crippen LogP contribution is -2.16. The third-order valence-corrected chi connectivity index (χ3v) is 10.4. The van der Waals surface area contributed by atoms with Crippen molar-refractivity contribution in [2.75, 3.05) is 4.90 Å². The molecule has 9 rings (SSSR count). The number of para-hydroxylation sites is 1. The Morgan fingerprint density at radius 1 is 0.360 bits per heavy atom. The van der Waals surface area contributed by atoms with Crippen molar-refractivity contribution >= 4 is 27.8 Å². The summed E-state index contributed by atoms with van der Waals surface area (Å²) < 4.78 is 0. The van der Waals surface area contributed by atoms with Gasteiger partial charge in [-0.25, -0.2) is 0 Å². The molecule has 0 radical (unpaired) electrons. The van der Waals surface area contributed by atoms with Gasteiger partial charge in [0, 0.05) is 22.4 Å². The zero-order chi connectivity index (χ0) is 33.7. The first-order valence-electron chi connectivity index (χ1n) is 17.4. The van der Waals surface area contributed by atoms with Gasteiger partial charge in [0.15, 0.2) is 0 Å². The van der Waals surface area contributed by atoms with Crippen LogP contribution in [-0.4, -0.2) is 0 Å². The molecule has 238 valence electrons. The molecule has 0 saturated heterocycles. The fourth-order valence-corrected chi connectivity index (χ4v) is 8.01.